The zero-order chi connectivity index (χ0) is 13.8. The smallest absolute Gasteiger partial charge is 0.248 e. The van der Waals surface area contributed by atoms with Gasteiger partial charge in [0, 0.05) is 12.7 Å². The van der Waals surface area contributed by atoms with Gasteiger partial charge in [0.2, 0.25) is 11.8 Å². The number of rotatable bonds is 4. The third kappa shape index (κ3) is 3.12. The normalized spacial score (nSPS) is 16.1. The monoisotopic (exact) mass is 261 g/mol. The molecule has 19 heavy (non-hydrogen) atoms. The summed E-state index contributed by atoms with van der Waals surface area (Å²) in [5, 5.41) is 3.11. The second-order valence-corrected chi connectivity index (χ2v) is 4.73. The lowest BCUT2D eigenvalue weighted by Crippen LogP contribution is -2.52. The second kappa shape index (κ2) is 5.84. The molecule has 1 aromatic rings. The van der Waals surface area contributed by atoms with Gasteiger partial charge in [-0.2, -0.15) is 0 Å². The van der Waals surface area contributed by atoms with Gasteiger partial charge in [-0.1, -0.05) is 12.1 Å². The molecule has 0 spiro atoms. The molecule has 0 bridgehead atoms. The molecule has 1 N–H and O–H groups in total. The van der Waals surface area contributed by atoms with Crippen molar-refractivity contribution in [3.05, 3.63) is 29.8 Å². The van der Waals surface area contributed by atoms with Crippen LogP contribution in [0.15, 0.2) is 24.3 Å². The van der Waals surface area contributed by atoms with E-state index >= 15 is 0 Å². The minimum Gasteiger partial charge on any atom is -0.353 e. The van der Waals surface area contributed by atoms with Crippen molar-refractivity contribution in [2.75, 3.05) is 38.6 Å². The number of likely N-dealkylation sites (N-methyl/N-ethyl adjacent to an activating group) is 2. The van der Waals surface area contributed by atoms with Crippen LogP contribution in [0, 0.1) is 0 Å². The number of carbonyl (C=O) groups excluding carboxylic acids is 2. The predicted molar refractivity (Wildman–Crippen MR) is 74.1 cm³/mol. The van der Waals surface area contributed by atoms with E-state index in [-0.39, 0.29) is 24.9 Å². The SMILES string of the molecule is CNCCc1cccc(N2CC(=O)N(C)C(=O)C2)c1. The fourth-order valence-electron chi connectivity index (χ4n) is 2.09. The minimum atomic E-state index is -0.156. The molecule has 1 saturated heterocycles. The number of nitrogens with one attached hydrogen (secondary N) is 1. The van der Waals surface area contributed by atoms with Crippen molar-refractivity contribution in [3.8, 4) is 0 Å². The number of amides is 2. The van der Waals surface area contributed by atoms with Crippen LogP contribution in [0.3, 0.4) is 0 Å². The van der Waals surface area contributed by atoms with Crippen LogP contribution in [-0.4, -0.2) is 50.4 Å². The van der Waals surface area contributed by atoms with E-state index in [4.69, 9.17) is 0 Å². The Labute approximate surface area is 113 Å². The maximum absolute atomic E-state index is 11.7. The van der Waals surface area contributed by atoms with E-state index < -0.39 is 0 Å². The van der Waals surface area contributed by atoms with E-state index in [1.54, 1.807) is 0 Å². The molecule has 0 atom stereocenters. The molecule has 5 nitrogen and oxygen atoms in total. The number of nitrogens with zero attached hydrogens (tertiary/aromatic N) is 2. The molecule has 1 fully saturated rings. The standard InChI is InChI=1S/C14H19N3O2/c1-15-7-6-11-4-3-5-12(8-11)17-9-13(18)16(2)14(19)10-17/h3-5,8,15H,6-7,9-10H2,1-2H3. The van der Waals surface area contributed by atoms with Crippen LogP contribution in [0.4, 0.5) is 5.69 Å². The maximum Gasteiger partial charge on any atom is 0.248 e. The Morgan fingerprint density at radius 3 is 2.53 bits per heavy atom. The van der Waals surface area contributed by atoms with Crippen molar-refractivity contribution in [2.24, 2.45) is 0 Å². The van der Waals surface area contributed by atoms with E-state index in [1.165, 1.54) is 17.5 Å². The Kier molecular flexibility index (Phi) is 4.16. The largest absolute Gasteiger partial charge is 0.353 e. The van der Waals surface area contributed by atoms with E-state index in [2.05, 4.69) is 11.4 Å². The van der Waals surface area contributed by atoms with Crippen LogP contribution in [0.25, 0.3) is 0 Å². The summed E-state index contributed by atoms with van der Waals surface area (Å²) in [5.74, 6) is -0.311. The first-order valence-electron chi connectivity index (χ1n) is 6.39. The number of imide groups is 1. The van der Waals surface area contributed by atoms with E-state index in [0.717, 1.165) is 18.7 Å². The van der Waals surface area contributed by atoms with Gasteiger partial charge in [0.15, 0.2) is 0 Å². The predicted octanol–water partition coefficient (Wildman–Crippen LogP) is 0.253. The molecule has 5 heteroatoms. The summed E-state index contributed by atoms with van der Waals surface area (Å²) < 4.78 is 0. The third-order valence-electron chi connectivity index (χ3n) is 3.34. The van der Waals surface area contributed by atoms with Gasteiger partial charge >= 0.3 is 0 Å². The molecule has 2 rings (SSSR count). The van der Waals surface area contributed by atoms with Crippen molar-refractivity contribution in [3.63, 3.8) is 0 Å². The molecule has 1 heterocycles. The van der Waals surface area contributed by atoms with Crippen molar-refractivity contribution in [1.29, 1.82) is 0 Å². The van der Waals surface area contributed by atoms with Crippen LogP contribution in [-0.2, 0) is 16.0 Å². The molecule has 102 valence electrons. The first-order chi connectivity index (χ1) is 9.11. The summed E-state index contributed by atoms with van der Waals surface area (Å²) in [6, 6.07) is 8.01. The van der Waals surface area contributed by atoms with E-state index in [9.17, 15) is 9.59 Å². The summed E-state index contributed by atoms with van der Waals surface area (Å²) in [4.78, 5) is 26.4. The highest BCUT2D eigenvalue weighted by Gasteiger charge is 2.28. The summed E-state index contributed by atoms with van der Waals surface area (Å²) in [7, 11) is 3.45. The zero-order valence-corrected chi connectivity index (χ0v) is 11.3. The molecule has 0 radical (unpaired) electrons. The fraction of sp³-hybridized carbons (Fsp3) is 0.429. The average Bonchev–Trinajstić information content (AvgIpc) is 2.42. The number of benzene rings is 1. The van der Waals surface area contributed by atoms with Gasteiger partial charge in [-0.05, 0) is 37.7 Å². The molecule has 0 aromatic heterocycles. The topological polar surface area (TPSA) is 52.7 Å². The Bertz CT molecular complexity index is 469. The molecule has 1 aliphatic rings. The molecule has 0 aliphatic carbocycles. The van der Waals surface area contributed by atoms with Gasteiger partial charge in [0.05, 0.1) is 13.1 Å². The highest BCUT2D eigenvalue weighted by Crippen LogP contribution is 2.18. The van der Waals surface area contributed by atoms with Crippen LogP contribution in [0.2, 0.25) is 0 Å². The Morgan fingerprint density at radius 1 is 1.21 bits per heavy atom. The Balaban J connectivity index is 2.13. The lowest BCUT2D eigenvalue weighted by molar-refractivity contribution is -0.143. The molecular formula is C14H19N3O2. The number of hydrogen-bond acceptors (Lipinski definition) is 4. The number of anilines is 1. The quantitative estimate of drug-likeness (QED) is 0.790. The second-order valence-electron chi connectivity index (χ2n) is 4.73. The third-order valence-corrected chi connectivity index (χ3v) is 3.34. The first-order valence-corrected chi connectivity index (χ1v) is 6.39. The van der Waals surface area contributed by atoms with Gasteiger partial charge in [0.25, 0.3) is 0 Å². The molecule has 0 saturated carbocycles. The number of carbonyl (C=O) groups is 2. The van der Waals surface area contributed by atoms with Crippen LogP contribution in [0.1, 0.15) is 5.56 Å². The van der Waals surface area contributed by atoms with Crippen molar-refractivity contribution in [2.45, 2.75) is 6.42 Å². The van der Waals surface area contributed by atoms with Gasteiger partial charge in [-0.15, -0.1) is 0 Å². The summed E-state index contributed by atoms with van der Waals surface area (Å²) in [5.41, 5.74) is 2.13. The van der Waals surface area contributed by atoms with E-state index in [1.807, 2.05) is 30.1 Å². The molecule has 1 aromatic carbocycles. The lowest BCUT2D eigenvalue weighted by atomic mass is 10.1. The Morgan fingerprint density at radius 2 is 1.89 bits per heavy atom. The molecule has 1 aliphatic heterocycles. The van der Waals surface area contributed by atoms with Gasteiger partial charge in [-0.3, -0.25) is 14.5 Å². The van der Waals surface area contributed by atoms with Crippen molar-refractivity contribution >= 4 is 17.5 Å². The van der Waals surface area contributed by atoms with Gasteiger partial charge < -0.3 is 10.2 Å². The zero-order valence-electron chi connectivity index (χ0n) is 11.3. The molecule has 2 amide bonds. The van der Waals surface area contributed by atoms with Crippen LogP contribution in [0.5, 0.6) is 0 Å². The van der Waals surface area contributed by atoms with Crippen LogP contribution < -0.4 is 10.2 Å². The fourth-order valence-corrected chi connectivity index (χ4v) is 2.09. The lowest BCUT2D eigenvalue weighted by Gasteiger charge is -2.32. The highest BCUT2D eigenvalue weighted by atomic mass is 16.2. The van der Waals surface area contributed by atoms with E-state index in [0.29, 0.717) is 0 Å². The van der Waals surface area contributed by atoms with Gasteiger partial charge in [0.1, 0.15) is 0 Å². The summed E-state index contributed by atoms with van der Waals surface area (Å²) in [6.45, 7) is 1.43. The van der Waals surface area contributed by atoms with Crippen molar-refractivity contribution < 1.29 is 9.59 Å². The highest BCUT2D eigenvalue weighted by molar-refractivity contribution is 6.02. The van der Waals surface area contributed by atoms with Gasteiger partial charge in [-0.25, -0.2) is 0 Å². The average molecular weight is 261 g/mol. The maximum atomic E-state index is 11.7. The molecule has 0 unspecified atom stereocenters. The summed E-state index contributed by atoms with van der Waals surface area (Å²) in [6.07, 6.45) is 0.931. The number of piperazine rings is 1. The minimum absolute atomic E-state index is 0.156. The first kappa shape index (κ1) is 13.5. The Hall–Kier alpha value is -1.88. The van der Waals surface area contributed by atoms with Crippen LogP contribution >= 0.6 is 0 Å². The molecular weight excluding hydrogens is 242 g/mol. The number of hydrogen-bond donors (Lipinski definition) is 1. The van der Waals surface area contributed by atoms with Crippen molar-refractivity contribution in [1.82, 2.24) is 10.2 Å². The summed E-state index contributed by atoms with van der Waals surface area (Å²) >= 11 is 0.